The summed E-state index contributed by atoms with van der Waals surface area (Å²) in [5.41, 5.74) is 0.424. The van der Waals surface area contributed by atoms with E-state index in [0.717, 1.165) is 5.82 Å². The van der Waals surface area contributed by atoms with Crippen LogP contribution in [0.2, 0.25) is 0 Å². The van der Waals surface area contributed by atoms with Gasteiger partial charge in [0.1, 0.15) is 23.4 Å². The molecule has 0 aliphatic carbocycles. The molecule has 0 fully saturated rings. The standard InChI is InChI=1S/C8H6FN3/c9-6-1-2-8-11-4-7(3-10)12(8)5-6/h1,4H,2,5H2. The number of imidazole rings is 1. The van der Waals surface area contributed by atoms with Crippen LogP contribution in [0.25, 0.3) is 0 Å². The topological polar surface area (TPSA) is 41.6 Å². The highest BCUT2D eigenvalue weighted by molar-refractivity contribution is 5.24. The summed E-state index contributed by atoms with van der Waals surface area (Å²) < 4.78 is 14.4. The van der Waals surface area contributed by atoms with Gasteiger partial charge in [-0.25, -0.2) is 9.37 Å². The Labute approximate surface area is 68.8 Å². The number of fused-ring (bicyclic) bond motifs is 1. The van der Waals surface area contributed by atoms with E-state index in [0.29, 0.717) is 12.1 Å². The second kappa shape index (κ2) is 2.45. The average Bonchev–Trinajstić information content (AvgIpc) is 2.46. The van der Waals surface area contributed by atoms with Gasteiger partial charge in [0.15, 0.2) is 0 Å². The zero-order valence-electron chi connectivity index (χ0n) is 6.29. The quantitative estimate of drug-likeness (QED) is 0.576. The first-order valence-corrected chi connectivity index (χ1v) is 3.60. The molecule has 0 saturated heterocycles. The van der Waals surface area contributed by atoms with Gasteiger partial charge in [0, 0.05) is 6.42 Å². The monoisotopic (exact) mass is 163 g/mol. The summed E-state index contributed by atoms with van der Waals surface area (Å²) in [5, 5.41) is 8.62. The SMILES string of the molecule is N#Cc1cnc2n1CC(F)=CC2. The Hall–Kier alpha value is -1.63. The maximum atomic E-state index is 12.8. The Balaban J connectivity index is 2.48. The Morgan fingerprint density at radius 2 is 2.50 bits per heavy atom. The fourth-order valence-electron chi connectivity index (χ4n) is 1.26. The van der Waals surface area contributed by atoms with Gasteiger partial charge in [-0.1, -0.05) is 0 Å². The second-order valence-corrected chi connectivity index (χ2v) is 2.61. The lowest BCUT2D eigenvalue weighted by atomic mass is 10.2. The maximum absolute atomic E-state index is 12.8. The Bertz CT molecular complexity index is 383. The summed E-state index contributed by atoms with van der Waals surface area (Å²) in [6.07, 6.45) is 3.44. The van der Waals surface area contributed by atoms with Crippen molar-refractivity contribution in [3.05, 3.63) is 29.6 Å². The molecule has 1 aromatic heterocycles. The highest BCUT2D eigenvalue weighted by atomic mass is 19.1. The van der Waals surface area contributed by atoms with Gasteiger partial charge in [-0.3, -0.25) is 0 Å². The molecule has 1 aromatic rings. The molecule has 0 unspecified atom stereocenters. The largest absolute Gasteiger partial charge is 0.313 e. The number of nitrogens with zero attached hydrogens (tertiary/aromatic N) is 3. The number of aromatic nitrogens is 2. The third-order valence-corrected chi connectivity index (χ3v) is 1.87. The minimum Gasteiger partial charge on any atom is -0.313 e. The molecule has 0 radical (unpaired) electrons. The average molecular weight is 163 g/mol. The summed E-state index contributed by atoms with van der Waals surface area (Å²) in [7, 11) is 0. The molecular weight excluding hydrogens is 157 g/mol. The third-order valence-electron chi connectivity index (χ3n) is 1.87. The van der Waals surface area contributed by atoms with E-state index in [4.69, 9.17) is 5.26 Å². The van der Waals surface area contributed by atoms with Crippen molar-refractivity contribution >= 4 is 0 Å². The second-order valence-electron chi connectivity index (χ2n) is 2.61. The predicted molar refractivity (Wildman–Crippen MR) is 39.8 cm³/mol. The van der Waals surface area contributed by atoms with Crippen LogP contribution in [0.4, 0.5) is 4.39 Å². The lowest BCUT2D eigenvalue weighted by molar-refractivity contribution is 0.524. The Morgan fingerprint density at radius 3 is 3.25 bits per heavy atom. The zero-order chi connectivity index (χ0) is 8.55. The number of nitriles is 1. The van der Waals surface area contributed by atoms with Crippen LogP contribution in [-0.2, 0) is 13.0 Å². The van der Waals surface area contributed by atoms with Crippen molar-refractivity contribution in [3.8, 4) is 6.07 Å². The summed E-state index contributed by atoms with van der Waals surface area (Å²) in [6, 6.07) is 1.96. The predicted octanol–water partition coefficient (Wildman–Crippen LogP) is 1.16. The summed E-state index contributed by atoms with van der Waals surface area (Å²) in [4.78, 5) is 3.99. The van der Waals surface area contributed by atoms with Crippen LogP contribution in [0.5, 0.6) is 0 Å². The molecule has 2 heterocycles. The van der Waals surface area contributed by atoms with Crippen molar-refractivity contribution in [3.63, 3.8) is 0 Å². The summed E-state index contributed by atoms with van der Waals surface area (Å²) >= 11 is 0. The molecule has 0 aromatic carbocycles. The van der Waals surface area contributed by atoms with Crippen LogP contribution >= 0.6 is 0 Å². The normalized spacial score (nSPS) is 14.8. The van der Waals surface area contributed by atoms with Crippen molar-refractivity contribution in [1.82, 2.24) is 9.55 Å². The minimum atomic E-state index is -0.197. The molecule has 0 atom stereocenters. The molecular formula is C8H6FN3. The molecule has 1 aliphatic rings. The minimum absolute atomic E-state index is 0.151. The van der Waals surface area contributed by atoms with Crippen LogP contribution in [0.1, 0.15) is 11.5 Å². The molecule has 4 heteroatoms. The number of hydrogen-bond acceptors (Lipinski definition) is 2. The third kappa shape index (κ3) is 0.909. The molecule has 0 bridgehead atoms. The van der Waals surface area contributed by atoms with E-state index < -0.39 is 0 Å². The Morgan fingerprint density at radius 1 is 1.67 bits per heavy atom. The molecule has 60 valence electrons. The van der Waals surface area contributed by atoms with Crippen molar-refractivity contribution in [2.75, 3.05) is 0 Å². The lowest BCUT2D eigenvalue weighted by Crippen LogP contribution is -2.10. The van der Waals surface area contributed by atoms with E-state index in [9.17, 15) is 4.39 Å². The van der Waals surface area contributed by atoms with Crippen LogP contribution in [0, 0.1) is 11.3 Å². The molecule has 0 spiro atoms. The van der Waals surface area contributed by atoms with Crippen molar-refractivity contribution in [1.29, 1.82) is 5.26 Å². The van der Waals surface area contributed by atoms with Gasteiger partial charge in [0.25, 0.3) is 0 Å². The maximum Gasteiger partial charge on any atom is 0.140 e. The van der Waals surface area contributed by atoms with E-state index in [1.807, 2.05) is 6.07 Å². The summed E-state index contributed by atoms with van der Waals surface area (Å²) in [6.45, 7) is 0.151. The van der Waals surface area contributed by atoms with Gasteiger partial charge in [-0.05, 0) is 6.08 Å². The molecule has 12 heavy (non-hydrogen) atoms. The fourth-order valence-corrected chi connectivity index (χ4v) is 1.26. The molecule has 0 saturated carbocycles. The molecule has 0 N–H and O–H groups in total. The van der Waals surface area contributed by atoms with E-state index in [1.54, 1.807) is 4.57 Å². The number of halogens is 1. The van der Waals surface area contributed by atoms with Gasteiger partial charge in [0.2, 0.25) is 0 Å². The number of hydrogen-bond donors (Lipinski definition) is 0. The molecule has 0 amide bonds. The van der Waals surface area contributed by atoms with Crippen LogP contribution in [-0.4, -0.2) is 9.55 Å². The van der Waals surface area contributed by atoms with E-state index in [2.05, 4.69) is 4.98 Å². The summed E-state index contributed by atoms with van der Waals surface area (Å²) in [5.74, 6) is 0.560. The van der Waals surface area contributed by atoms with E-state index in [-0.39, 0.29) is 12.4 Å². The van der Waals surface area contributed by atoms with Crippen LogP contribution < -0.4 is 0 Å². The van der Waals surface area contributed by atoms with E-state index >= 15 is 0 Å². The fraction of sp³-hybridized carbons (Fsp3) is 0.250. The molecule has 2 rings (SSSR count). The smallest absolute Gasteiger partial charge is 0.140 e. The number of allylic oxidation sites excluding steroid dienone is 2. The highest BCUT2D eigenvalue weighted by Crippen LogP contribution is 2.15. The molecule has 1 aliphatic heterocycles. The Kier molecular flexibility index (Phi) is 1.44. The van der Waals surface area contributed by atoms with Crippen molar-refractivity contribution in [2.24, 2.45) is 0 Å². The molecule has 3 nitrogen and oxygen atoms in total. The first-order chi connectivity index (χ1) is 5.81. The lowest BCUT2D eigenvalue weighted by Gasteiger charge is -2.10. The van der Waals surface area contributed by atoms with Gasteiger partial charge in [0.05, 0.1) is 12.7 Å². The van der Waals surface area contributed by atoms with Gasteiger partial charge >= 0.3 is 0 Å². The van der Waals surface area contributed by atoms with Crippen molar-refractivity contribution < 1.29 is 4.39 Å². The van der Waals surface area contributed by atoms with Crippen LogP contribution in [0.15, 0.2) is 18.1 Å². The highest BCUT2D eigenvalue weighted by Gasteiger charge is 2.14. The zero-order valence-corrected chi connectivity index (χ0v) is 6.29. The first-order valence-electron chi connectivity index (χ1n) is 3.60. The first kappa shape index (κ1) is 7.04. The van der Waals surface area contributed by atoms with Gasteiger partial charge < -0.3 is 4.57 Å². The van der Waals surface area contributed by atoms with Crippen molar-refractivity contribution in [2.45, 2.75) is 13.0 Å². The van der Waals surface area contributed by atoms with Crippen LogP contribution in [0.3, 0.4) is 0 Å². The van der Waals surface area contributed by atoms with Gasteiger partial charge in [-0.2, -0.15) is 5.26 Å². The van der Waals surface area contributed by atoms with Gasteiger partial charge in [-0.15, -0.1) is 0 Å². The van der Waals surface area contributed by atoms with E-state index in [1.165, 1.54) is 12.3 Å². The number of rotatable bonds is 0.